The minimum Gasteiger partial charge on any atom is -0.389 e. The van der Waals surface area contributed by atoms with Gasteiger partial charge < -0.3 is 10.0 Å². The van der Waals surface area contributed by atoms with Crippen molar-refractivity contribution in [2.24, 2.45) is 0 Å². The summed E-state index contributed by atoms with van der Waals surface area (Å²) < 4.78 is 0. The third-order valence-electron chi connectivity index (χ3n) is 5.33. The molecule has 1 saturated carbocycles. The molecule has 122 valence electrons. The lowest BCUT2D eigenvalue weighted by Gasteiger charge is -2.41. The Labute approximate surface area is 134 Å². The summed E-state index contributed by atoms with van der Waals surface area (Å²) in [5.74, 6) is 0. The second-order valence-corrected chi connectivity index (χ2v) is 7.14. The van der Waals surface area contributed by atoms with Crippen molar-refractivity contribution in [1.29, 1.82) is 0 Å². The molecule has 0 atom stereocenters. The number of hydrogen-bond donors (Lipinski definition) is 1. The smallest absolute Gasteiger partial charge is 0.0774 e. The van der Waals surface area contributed by atoms with Gasteiger partial charge in [0, 0.05) is 39.3 Å². The van der Waals surface area contributed by atoms with Gasteiger partial charge in [0.2, 0.25) is 0 Å². The molecule has 3 nitrogen and oxygen atoms in total. The monoisotopic (exact) mass is 302 g/mol. The molecule has 1 aromatic carbocycles. The normalized spacial score (nSPS) is 23.5. The van der Waals surface area contributed by atoms with E-state index in [-0.39, 0.29) is 0 Å². The second-order valence-electron chi connectivity index (χ2n) is 7.14. The number of benzene rings is 1. The van der Waals surface area contributed by atoms with E-state index in [0.29, 0.717) is 0 Å². The fraction of sp³-hybridized carbons (Fsp3) is 0.684. The Hall–Kier alpha value is -0.900. The summed E-state index contributed by atoms with van der Waals surface area (Å²) in [4.78, 5) is 5.04. The van der Waals surface area contributed by atoms with Gasteiger partial charge in [-0.1, -0.05) is 49.6 Å². The van der Waals surface area contributed by atoms with E-state index in [4.69, 9.17) is 0 Å². The van der Waals surface area contributed by atoms with E-state index in [1.165, 1.54) is 24.8 Å². The van der Waals surface area contributed by atoms with Crippen molar-refractivity contribution < 1.29 is 5.11 Å². The van der Waals surface area contributed by atoms with Crippen LogP contribution in [0.25, 0.3) is 0 Å². The van der Waals surface area contributed by atoms with E-state index in [2.05, 4.69) is 40.1 Å². The summed E-state index contributed by atoms with van der Waals surface area (Å²) in [5, 5.41) is 10.7. The molecular weight excluding hydrogens is 272 g/mol. The standard InChI is InChI=1S/C19H30N2O/c22-19(10-5-2-6-11-19)17-21-15-13-20(14-16-21)12-9-18-7-3-1-4-8-18/h1,3-4,7-8,22H,2,5-6,9-17H2. The minimum atomic E-state index is -0.398. The van der Waals surface area contributed by atoms with Gasteiger partial charge in [-0.3, -0.25) is 4.90 Å². The predicted octanol–water partition coefficient (Wildman–Crippen LogP) is 2.54. The molecule has 1 aromatic rings. The summed E-state index contributed by atoms with van der Waals surface area (Å²) in [6.45, 7) is 6.54. The number of aliphatic hydroxyl groups is 1. The van der Waals surface area contributed by atoms with E-state index in [1.807, 2.05) is 0 Å². The zero-order chi connectivity index (χ0) is 15.3. The van der Waals surface area contributed by atoms with Crippen LogP contribution in [0.5, 0.6) is 0 Å². The van der Waals surface area contributed by atoms with Crippen LogP contribution in [0.3, 0.4) is 0 Å². The molecule has 0 aromatic heterocycles. The van der Waals surface area contributed by atoms with Crippen LogP contribution in [0.1, 0.15) is 37.7 Å². The highest BCUT2D eigenvalue weighted by Crippen LogP contribution is 2.29. The molecule has 3 rings (SSSR count). The Morgan fingerprint density at radius 2 is 1.50 bits per heavy atom. The molecule has 1 N–H and O–H groups in total. The Morgan fingerprint density at radius 1 is 0.864 bits per heavy atom. The van der Waals surface area contributed by atoms with Gasteiger partial charge in [-0.05, 0) is 24.8 Å². The first-order valence-corrected chi connectivity index (χ1v) is 8.95. The highest BCUT2D eigenvalue weighted by atomic mass is 16.3. The maximum Gasteiger partial charge on any atom is 0.0774 e. The number of piperazine rings is 1. The van der Waals surface area contributed by atoms with Crippen LogP contribution in [0.2, 0.25) is 0 Å². The highest BCUT2D eigenvalue weighted by molar-refractivity contribution is 5.14. The molecule has 22 heavy (non-hydrogen) atoms. The zero-order valence-corrected chi connectivity index (χ0v) is 13.7. The van der Waals surface area contributed by atoms with Gasteiger partial charge in [-0.2, -0.15) is 0 Å². The van der Waals surface area contributed by atoms with Crippen LogP contribution >= 0.6 is 0 Å². The molecule has 1 saturated heterocycles. The van der Waals surface area contributed by atoms with Crippen LogP contribution < -0.4 is 0 Å². The fourth-order valence-electron chi connectivity index (χ4n) is 3.89. The molecule has 2 fully saturated rings. The zero-order valence-electron chi connectivity index (χ0n) is 13.7. The SMILES string of the molecule is OC1(CN2CCN(CCc3ccccc3)CC2)CCCCC1. The van der Waals surface area contributed by atoms with Crippen molar-refractivity contribution in [1.82, 2.24) is 9.80 Å². The van der Waals surface area contributed by atoms with Crippen LogP contribution in [-0.4, -0.2) is 59.8 Å². The number of rotatable bonds is 5. The number of hydrogen-bond acceptors (Lipinski definition) is 3. The Morgan fingerprint density at radius 3 is 2.18 bits per heavy atom. The van der Waals surface area contributed by atoms with Gasteiger partial charge in [0.25, 0.3) is 0 Å². The molecule has 3 heteroatoms. The van der Waals surface area contributed by atoms with E-state index >= 15 is 0 Å². The van der Waals surface area contributed by atoms with Gasteiger partial charge >= 0.3 is 0 Å². The van der Waals surface area contributed by atoms with Crippen LogP contribution in [0.15, 0.2) is 30.3 Å². The van der Waals surface area contributed by atoms with Gasteiger partial charge in [-0.25, -0.2) is 0 Å². The molecule has 0 bridgehead atoms. The maximum atomic E-state index is 10.7. The first-order valence-electron chi connectivity index (χ1n) is 8.95. The fourth-order valence-corrected chi connectivity index (χ4v) is 3.89. The number of nitrogens with zero attached hydrogens (tertiary/aromatic N) is 2. The molecule has 0 spiro atoms. The summed E-state index contributed by atoms with van der Waals surface area (Å²) in [5.41, 5.74) is 1.03. The molecule has 0 unspecified atom stereocenters. The van der Waals surface area contributed by atoms with E-state index < -0.39 is 5.60 Å². The van der Waals surface area contributed by atoms with Crippen molar-refractivity contribution in [3.05, 3.63) is 35.9 Å². The van der Waals surface area contributed by atoms with E-state index in [0.717, 1.165) is 58.5 Å². The number of β-amino-alcohol motifs (C(OH)–C–C–N with tert-alkyl or cyclic N) is 1. The summed E-state index contributed by atoms with van der Waals surface area (Å²) in [7, 11) is 0. The third kappa shape index (κ3) is 4.55. The van der Waals surface area contributed by atoms with Crippen LogP contribution in [-0.2, 0) is 6.42 Å². The molecule has 1 heterocycles. The Kier molecular flexibility index (Phi) is 5.51. The van der Waals surface area contributed by atoms with Gasteiger partial charge in [0.15, 0.2) is 0 Å². The molecular formula is C19H30N2O. The summed E-state index contributed by atoms with van der Waals surface area (Å²) in [6, 6.07) is 10.8. The van der Waals surface area contributed by atoms with E-state index in [1.54, 1.807) is 0 Å². The lowest BCUT2D eigenvalue weighted by molar-refractivity contribution is -0.0353. The average molecular weight is 302 g/mol. The van der Waals surface area contributed by atoms with Crippen LogP contribution in [0, 0.1) is 0 Å². The summed E-state index contributed by atoms with van der Waals surface area (Å²) >= 11 is 0. The summed E-state index contributed by atoms with van der Waals surface area (Å²) in [6.07, 6.45) is 6.85. The third-order valence-corrected chi connectivity index (χ3v) is 5.33. The van der Waals surface area contributed by atoms with Gasteiger partial charge in [-0.15, -0.1) is 0 Å². The topological polar surface area (TPSA) is 26.7 Å². The Balaban J connectivity index is 1.39. The predicted molar refractivity (Wildman–Crippen MR) is 91.1 cm³/mol. The lowest BCUT2D eigenvalue weighted by atomic mass is 9.84. The first kappa shape index (κ1) is 16.0. The largest absolute Gasteiger partial charge is 0.389 e. The molecule has 1 aliphatic carbocycles. The highest BCUT2D eigenvalue weighted by Gasteiger charge is 2.32. The molecule has 0 radical (unpaired) electrons. The van der Waals surface area contributed by atoms with Crippen molar-refractivity contribution in [2.75, 3.05) is 39.3 Å². The molecule has 2 aliphatic rings. The maximum absolute atomic E-state index is 10.7. The van der Waals surface area contributed by atoms with Crippen molar-refractivity contribution in [3.63, 3.8) is 0 Å². The van der Waals surface area contributed by atoms with Crippen LogP contribution in [0.4, 0.5) is 0 Å². The average Bonchev–Trinajstić information content (AvgIpc) is 2.55. The quantitative estimate of drug-likeness (QED) is 0.905. The van der Waals surface area contributed by atoms with Gasteiger partial charge in [0.1, 0.15) is 0 Å². The van der Waals surface area contributed by atoms with Crippen molar-refractivity contribution >= 4 is 0 Å². The lowest BCUT2D eigenvalue weighted by Crippen LogP contribution is -2.52. The van der Waals surface area contributed by atoms with Gasteiger partial charge in [0.05, 0.1) is 5.60 Å². The molecule has 1 aliphatic heterocycles. The minimum absolute atomic E-state index is 0.398. The van der Waals surface area contributed by atoms with Crippen molar-refractivity contribution in [2.45, 2.75) is 44.1 Å². The van der Waals surface area contributed by atoms with Crippen molar-refractivity contribution in [3.8, 4) is 0 Å². The Bertz CT molecular complexity index is 434. The second kappa shape index (κ2) is 7.58. The first-order chi connectivity index (χ1) is 10.7. The van der Waals surface area contributed by atoms with E-state index in [9.17, 15) is 5.11 Å². The molecule has 0 amide bonds.